The van der Waals surface area contributed by atoms with Crippen LogP contribution < -0.4 is 39.4 Å². The van der Waals surface area contributed by atoms with Crippen molar-refractivity contribution in [2.75, 3.05) is 39.5 Å². The van der Waals surface area contributed by atoms with Crippen LogP contribution in [0.4, 0.5) is 10.5 Å². The molecule has 0 aromatic heterocycles. The lowest BCUT2D eigenvalue weighted by atomic mass is 9.97. The number of ether oxygens (including phenoxy) is 4. The SMILES string of the molecule is C=C(Br)C[C@H](NC(=O)OC(C)(C)C)C(=O)N(C(C)C(=O)Nc1ccc(OC)cc1)[C@@H](CO[Si](c1ccccc1)(c1ccccc1)C(C)(C)C)c1cc(OC)c(C)c(OC)c1OS(C)(=O)=O. The van der Waals surface area contributed by atoms with Crippen molar-refractivity contribution in [3.8, 4) is 23.0 Å². The van der Waals surface area contributed by atoms with Crippen LogP contribution in [0.3, 0.4) is 0 Å². The number of hydrogen-bond donors (Lipinski definition) is 2. The van der Waals surface area contributed by atoms with E-state index in [2.05, 4.69) is 53.9 Å². The Labute approximate surface area is 393 Å². The Balaban J connectivity index is 2.15. The van der Waals surface area contributed by atoms with E-state index in [1.807, 2.05) is 60.7 Å². The van der Waals surface area contributed by atoms with Gasteiger partial charge in [-0.1, -0.05) is 104 Å². The number of nitrogens with one attached hydrogen (secondary N) is 2. The molecule has 2 N–H and O–H groups in total. The van der Waals surface area contributed by atoms with E-state index in [1.54, 1.807) is 58.0 Å². The van der Waals surface area contributed by atoms with Gasteiger partial charge in [0.15, 0.2) is 11.5 Å². The Hall–Kier alpha value is -5.36. The molecular formula is C48H62BrN3O11SSi. The maximum Gasteiger partial charge on any atom is 0.408 e. The lowest BCUT2D eigenvalue weighted by molar-refractivity contribution is -0.143. The summed E-state index contributed by atoms with van der Waals surface area (Å²) >= 11 is 3.38. The van der Waals surface area contributed by atoms with Crippen LogP contribution in [-0.2, 0) is 28.9 Å². The van der Waals surface area contributed by atoms with E-state index in [-0.39, 0.29) is 35.8 Å². The summed E-state index contributed by atoms with van der Waals surface area (Å²) in [6, 6.07) is 23.6. The van der Waals surface area contributed by atoms with Crippen LogP contribution in [0.2, 0.25) is 5.04 Å². The molecule has 0 spiro atoms. The van der Waals surface area contributed by atoms with Crippen molar-refractivity contribution in [1.29, 1.82) is 0 Å². The van der Waals surface area contributed by atoms with Crippen molar-refractivity contribution in [2.45, 2.75) is 90.6 Å². The predicted octanol–water partition coefficient (Wildman–Crippen LogP) is 8.02. The van der Waals surface area contributed by atoms with Crippen molar-refractivity contribution < 1.29 is 50.4 Å². The van der Waals surface area contributed by atoms with Gasteiger partial charge in [-0.3, -0.25) is 9.59 Å². The van der Waals surface area contributed by atoms with Crippen molar-refractivity contribution in [3.63, 3.8) is 0 Å². The second-order valence-corrected chi connectivity index (χ2v) is 24.5. The molecule has 0 aliphatic rings. The monoisotopic (exact) mass is 995 g/mol. The Bertz CT molecular complexity index is 2370. The second kappa shape index (κ2) is 21.7. The molecule has 17 heteroatoms. The van der Waals surface area contributed by atoms with Crippen molar-refractivity contribution >= 4 is 68.3 Å². The highest BCUT2D eigenvalue weighted by atomic mass is 79.9. The first-order chi connectivity index (χ1) is 30.4. The summed E-state index contributed by atoms with van der Waals surface area (Å²) in [6.07, 6.45) is -0.156. The van der Waals surface area contributed by atoms with Crippen molar-refractivity contribution in [3.05, 3.63) is 113 Å². The maximum absolute atomic E-state index is 15.7. The van der Waals surface area contributed by atoms with E-state index in [9.17, 15) is 18.0 Å². The minimum absolute atomic E-state index is 0.000209. The molecule has 3 amide bonds. The number of amides is 3. The Morgan fingerprint density at radius 1 is 0.831 bits per heavy atom. The largest absolute Gasteiger partial charge is 0.497 e. The quantitative estimate of drug-likeness (QED) is 0.0690. The fourth-order valence-corrected chi connectivity index (χ4v) is 13.0. The molecule has 0 fully saturated rings. The molecule has 0 saturated heterocycles. The smallest absolute Gasteiger partial charge is 0.408 e. The molecule has 0 radical (unpaired) electrons. The Morgan fingerprint density at radius 3 is 1.83 bits per heavy atom. The summed E-state index contributed by atoms with van der Waals surface area (Å²) in [6.45, 7) is 18.1. The number of halogens is 1. The number of rotatable bonds is 19. The summed E-state index contributed by atoms with van der Waals surface area (Å²) < 4.78 is 62.8. The van der Waals surface area contributed by atoms with Crippen LogP contribution in [0.5, 0.6) is 23.0 Å². The molecule has 352 valence electrons. The number of alkyl carbamates (subject to hydrolysis) is 1. The van der Waals surface area contributed by atoms with Gasteiger partial charge in [-0.2, -0.15) is 8.42 Å². The first kappa shape index (κ1) is 52.3. The average Bonchev–Trinajstić information content (AvgIpc) is 3.22. The van der Waals surface area contributed by atoms with Gasteiger partial charge in [0, 0.05) is 23.2 Å². The maximum atomic E-state index is 15.7. The summed E-state index contributed by atoms with van der Waals surface area (Å²) in [5.41, 5.74) is -0.0776. The van der Waals surface area contributed by atoms with Gasteiger partial charge in [0.1, 0.15) is 29.2 Å². The molecule has 3 atom stereocenters. The van der Waals surface area contributed by atoms with Crippen LogP contribution in [0.15, 0.2) is 102 Å². The molecule has 65 heavy (non-hydrogen) atoms. The third kappa shape index (κ3) is 13.1. The third-order valence-electron chi connectivity index (χ3n) is 10.5. The Morgan fingerprint density at radius 2 is 1.38 bits per heavy atom. The van der Waals surface area contributed by atoms with E-state index in [4.69, 9.17) is 27.6 Å². The molecule has 1 unspecified atom stereocenters. The number of methoxy groups -OCH3 is 3. The number of anilines is 1. The zero-order chi connectivity index (χ0) is 48.5. The molecule has 0 aliphatic heterocycles. The van der Waals surface area contributed by atoms with E-state index in [0.717, 1.165) is 16.6 Å². The van der Waals surface area contributed by atoms with Gasteiger partial charge < -0.3 is 43.1 Å². The third-order valence-corrected chi connectivity index (χ3v) is 16.3. The standard InChI is InChI=1S/C48H62BrN3O11SSi/c1-31(49)28-39(51-46(55)62-47(4,5)6)45(54)52(33(3)44(53)50-34-24-26-35(58-10)27-25-34)40(38-29-41(59-11)32(2)42(60-12)43(38)63-64(13,56)57)30-61-65(48(7,8)9,36-20-16-14-17-21-36)37-22-18-15-19-23-37/h14-27,29,33,39-40H,1,28,30H2,2-13H3,(H,50,53)(H,51,55)/t33?,39-,40-/m0/s1. The Kier molecular flexibility index (Phi) is 17.5. The minimum Gasteiger partial charge on any atom is -0.497 e. The van der Waals surface area contributed by atoms with Crippen LogP contribution in [-0.4, -0.2) is 91.4 Å². The first-order valence-electron chi connectivity index (χ1n) is 20.9. The van der Waals surface area contributed by atoms with E-state index < -0.39 is 65.1 Å². The second-order valence-electron chi connectivity index (χ2n) is 17.5. The molecule has 0 heterocycles. The fourth-order valence-electron chi connectivity index (χ4n) is 7.67. The lowest BCUT2D eigenvalue weighted by Crippen LogP contribution is -2.67. The molecular weight excluding hydrogens is 935 g/mol. The van der Waals surface area contributed by atoms with Gasteiger partial charge >= 0.3 is 16.2 Å². The van der Waals surface area contributed by atoms with E-state index >= 15 is 4.79 Å². The number of carbonyl (C=O) groups excluding carboxylic acids is 3. The van der Waals surface area contributed by atoms with Gasteiger partial charge in [0.2, 0.25) is 11.8 Å². The number of carbonyl (C=O) groups is 3. The normalized spacial score (nSPS) is 13.4. The summed E-state index contributed by atoms with van der Waals surface area (Å²) in [7, 11) is -3.44. The van der Waals surface area contributed by atoms with Crippen LogP contribution in [0.1, 0.15) is 72.1 Å². The number of hydrogen-bond acceptors (Lipinski definition) is 11. The molecule has 4 aromatic carbocycles. The van der Waals surface area contributed by atoms with Crippen LogP contribution >= 0.6 is 15.9 Å². The van der Waals surface area contributed by atoms with Gasteiger partial charge in [0.05, 0.1) is 40.2 Å². The lowest BCUT2D eigenvalue weighted by Gasteiger charge is -2.45. The molecule has 14 nitrogen and oxygen atoms in total. The number of nitrogens with zero attached hydrogens (tertiary/aromatic N) is 1. The zero-order valence-electron chi connectivity index (χ0n) is 39.2. The minimum atomic E-state index is -4.29. The highest BCUT2D eigenvalue weighted by molar-refractivity contribution is 9.11. The number of benzene rings is 4. The average molecular weight is 997 g/mol. The molecule has 0 bridgehead atoms. The summed E-state index contributed by atoms with van der Waals surface area (Å²) in [4.78, 5) is 45.3. The molecule has 4 rings (SSSR count). The van der Waals surface area contributed by atoms with Crippen molar-refractivity contribution in [1.82, 2.24) is 10.2 Å². The zero-order valence-corrected chi connectivity index (χ0v) is 42.6. The molecule has 0 aliphatic carbocycles. The van der Waals surface area contributed by atoms with E-state index in [0.29, 0.717) is 21.5 Å². The van der Waals surface area contributed by atoms with E-state index in [1.165, 1.54) is 33.2 Å². The van der Waals surface area contributed by atoms with Gasteiger partial charge in [-0.25, -0.2) is 4.79 Å². The first-order valence-corrected chi connectivity index (χ1v) is 25.4. The summed E-state index contributed by atoms with van der Waals surface area (Å²) in [5, 5.41) is 6.86. The summed E-state index contributed by atoms with van der Waals surface area (Å²) in [5.74, 6) is -0.849. The van der Waals surface area contributed by atoms with Gasteiger partial charge in [-0.05, 0) is 84.8 Å². The molecule has 0 saturated carbocycles. The highest BCUT2D eigenvalue weighted by Gasteiger charge is 2.52. The highest BCUT2D eigenvalue weighted by Crippen LogP contribution is 2.47. The molecule has 4 aromatic rings. The predicted molar refractivity (Wildman–Crippen MR) is 260 cm³/mol. The van der Waals surface area contributed by atoms with Gasteiger partial charge in [0.25, 0.3) is 8.32 Å². The van der Waals surface area contributed by atoms with Crippen LogP contribution in [0.25, 0.3) is 0 Å². The van der Waals surface area contributed by atoms with Crippen LogP contribution in [0, 0.1) is 6.92 Å². The van der Waals surface area contributed by atoms with Gasteiger partial charge in [-0.15, -0.1) is 0 Å². The fraction of sp³-hybridized carbons (Fsp3) is 0.396. The topological polar surface area (TPSA) is 168 Å². The van der Waals surface area contributed by atoms with Crippen molar-refractivity contribution in [2.24, 2.45) is 0 Å².